The van der Waals surface area contributed by atoms with E-state index < -0.39 is 0 Å². The first-order valence-corrected chi connectivity index (χ1v) is 5.18. The molecule has 0 spiro atoms. The number of phenols is 1. The number of aromatic hydroxyl groups is 1. The molecule has 1 aliphatic rings. The minimum Gasteiger partial charge on any atom is -0.504 e. The highest BCUT2D eigenvalue weighted by Gasteiger charge is 2.27. The molecule has 3 heteroatoms. The molecule has 1 N–H and O–H groups in total. The van der Waals surface area contributed by atoms with Crippen molar-refractivity contribution < 1.29 is 14.6 Å². The highest BCUT2D eigenvalue weighted by atomic mass is 16.5. The molecule has 1 aromatic rings. The fourth-order valence-corrected chi connectivity index (χ4v) is 1.82. The summed E-state index contributed by atoms with van der Waals surface area (Å²) >= 11 is 0. The van der Waals surface area contributed by atoms with Crippen LogP contribution in [-0.4, -0.2) is 17.0 Å². The number of fused-ring (bicyclic) bond motifs is 1. The lowest BCUT2D eigenvalue weighted by molar-refractivity contribution is 0.101. The molecular weight excluding hydrogens is 204 g/mol. The van der Waals surface area contributed by atoms with Gasteiger partial charge in [0.05, 0.1) is 0 Å². The van der Waals surface area contributed by atoms with Gasteiger partial charge in [-0.1, -0.05) is 6.58 Å². The number of rotatable bonds is 2. The number of ketones is 1. The molecule has 2 rings (SSSR count). The number of benzene rings is 1. The van der Waals surface area contributed by atoms with Gasteiger partial charge >= 0.3 is 0 Å². The minimum atomic E-state index is -0.0943. The monoisotopic (exact) mass is 218 g/mol. The topological polar surface area (TPSA) is 46.5 Å². The molecule has 1 heterocycles. The van der Waals surface area contributed by atoms with E-state index in [1.807, 2.05) is 6.92 Å². The Morgan fingerprint density at radius 1 is 1.50 bits per heavy atom. The lowest BCUT2D eigenvalue weighted by Crippen LogP contribution is -2.13. The van der Waals surface area contributed by atoms with Gasteiger partial charge in [0.15, 0.2) is 17.3 Å². The molecular formula is C13H14O3. The Morgan fingerprint density at radius 3 is 2.75 bits per heavy atom. The van der Waals surface area contributed by atoms with Gasteiger partial charge in [-0.15, -0.1) is 0 Å². The summed E-state index contributed by atoms with van der Waals surface area (Å²) in [5.41, 5.74) is 2.31. The molecule has 0 aromatic heterocycles. The van der Waals surface area contributed by atoms with Crippen molar-refractivity contribution in [2.75, 3.05) is 0 Å². The van der Waals surface area contributed by atoms with E-state index in [2.05, 4.69) is 6.58 Å². The van der Waals surface area contributed by atoms with Crippen LogP contribution in [0.5, 0.6) is 11.5 Å². The lowest BCUT2D eigenvalue weighted by Gasteiger charge is -2.09. The molecule has 0 fully saturated rings. The quantitative estimate of drug-likeness (QED) is 0.612. The standard InChI is InChI=1S/C13H14O3/c1-7(2)12-6-10-4-9(8(3)14)5-11(15)13(10)16-12/h4-5,12,15H,1,6H2,2-3H3/t12-/m1/s1. The van der Waals surface area contributed by atoms with Crippen LogP contribution in [0.2, 0.25) is 0 Å². The molecule has 0 saturated carbocycles. The van der Waals surface area contributed by atoms with Crippen LogP contribution in [0.25, 0.3) is 0 Å². The third-order valence-corrected chi connectivity index (χ3v) is 2.77. The van der Waals surface area contributed by atoms with Gasteiger partial charge in [-0.3, -0.25) is 4.79 Å². The molecule has 0 saturated heterocycles. The third-order valence-electron chi connectivity index (χ3n) is 2.77. The molecule has 0 amide bonds. The van der Waals surface area contributed by atoms with Crippen LogP contribution in [0, 0.1) is 0 Å². The average molecular weight is 218 g/mol. The summed E-state index contributed by atoms with van der Waals surface area (Å²) in [6, 6.07) is 3.22. The lowest BCUT2D eigenvalue weighted by atomic mass is 10.0. The first-order valence-electron chi connectivity index (χ1n) is 5.18. The Hall–Kier alpha value is -1.77. The molecule has 0 bridgehead atoms. The van der Waals surface area contributed by atoms with E-state index in [0.29, 0.717) is 17.7 Å². The van der Waals surface area contributed by atoms with Gasteiger partial charge in [0.25, 0.3) is 0 Å². The van der Waals surface area contributed by atoms with E-state index in [1.54, 1.807) is 6.07 Å². The number of carbonyl (C=O) groups excluding carboxylic acids is 1. The largest absolute Gasteiger partial charge is 0.504 e. The van der Waals surface area contributed by atoms with E-state index in [0.717, 1.165) is 11.1 Å². The predicted molar refractivity (Wildman–Crippen MR) is 61.0 cm³/mol. The average Bonchev–Trinajstić information content (AvgIpc) is 2.61. The van der Waals surface area contributed by atoms with Crippen LogP contribution in [-0.2, 0) is 6.42 Å². The van der Waals surface area contributed by atoms with Gasteiger partial charge in [-0.25, -0.2) is 0 Å². The van der Waals surface area contributed by atoms with Crippen molar-refractivity contribution >= 4 is 5.78 Å². The zero-order chi connectivity index (χ0) is 11.9. The molecule has 16 heavy (non-hydrogen) atoms. The van der Waals surface area contributed by atoms with Crippen LogP contribution in [0.4, 0.5) is 0 Å². The maximum atomic E-state index is 11.2. The van der Waals surface area contributed by atoms with Crippen molar-refractivity contribution in [1.29, 1.82) is 0 Å². The third kappa shape index (κ3) is 1.69. The van der Waals surface area contributed by atoms with Crippen LogP contribution in [0.15, 0.2) is 24.3 Å². The molecule has 84 valence electrons. The van der Waals surface area contributed by atoms with Crippen molar-refractivity contribution in [2.24, 2.45) is 0 Å². The Balaban J connectivity index is 2.42. The number of hydrogen-bond donors (Lipinski definition) is 1. The maximum Gasteiger partial charge on any atom is 0.165 e. The van der Waals surface area contributed by atoms with E-state index >= 15 is 0 Å². The summed E-state index contributed by atoms with van der Waals surface area (Å²) in [5, 5.41) is 9.75. The number of carbonyl (C=O) groups is 1. The normalized spacial score (nSPS) is 17.8. The van der Waals surface area contributed by atoms with Crippen molar-refractivity contribution in [3.8, 4) is 11.5 Å². The van der Waals surface area contributed by atoms with Crippen LogP contribution >= 0.6 is 0 Å². The zero-order valence-electron chi connectivity index (χ0n) is 9.41. The van der Waals surface area contributed by atoms with Gasteiger partial charge in [0.1, 0.15) is 6.10 Å². The summed E-state index contributed by atoms with van der Waals surface area (Å²) in [6.45, 7) is 7.20. The number of ether oxygens (including phenoxy) is 1. The molecule has 1 aliphatic heterocycles. The zero-order valence-corrected chi connectivity index (χ0v) is 9.41. The summed E-state index contributed by atoms with van der Waals surface area (Å²) in [4.78, 5) is 11.2. The molecule has 0 unspecified atom stereocenters. The van der Waals surface area contributed by atoms with Gasteiger partial charge < -0.3 is 9.84 Å². The second kappa shape index (κ2) is 3.67. The van der Waals surface area contributed by atoms with Crippen molar-refractivity contribution in [3.05, 3.63) is 35.4 Å². The molecule has 0 radical (unpaired) electrons. The van der Waals surface area contributed by atoms with E-state index in [1.165, 1.54) is 13.0 Å². The Kier molecular flexibility index (Phi) is 2.46. The molecule has 0 aliphatic carbocycles. The number of hydrogen-bond acceptors (Lipinski definition) is 3. The predicted octanol–water partition coefficient (Wildman–Crippen LogP) is 2.47. The second-order valence-electron chi connectivity index (χ2n) is 4.20. The molecule has 1 aromatic carbocycles. The van der Waals surface area contributed by atoms with Crippen LogP contribution in [0.1, 0.15) is 29.8 Å². The van der Waals surface area contributed by atoms with Gasteiger partial charge in [-0.2, -0.15) is 0 Å². The number of phenolic OH excluding ortho intramolecular Hbond substituents is 1. The maximum absolute atomic E-state index is 11.2. The van der Waals surface area contributed by atoms with Crippen LogP contribution < -0.4 is 4.74 Å². The summed E-state index contributed by atoms with van der Waals surface area (Å²) in [7, 11) is 0. The highest BCUT2D eigenvalue weighted by molar-refractivity contribution is 5.95. The Labute approximate surface area is 94.4 Å². The Bertz CT molecular complexity index is 474. The minimum absolute atomic E-state index is 0.0338. The van der Waals surface area contributed by atoms with E-state index in [9.17, 15) is 9.90 Å². The van der Waals surface area contributed by atoms with E-state index in [-0.39, 0.29) is 17.6 Å². The summed E-state index contributed by atoms with van der Waals surface area (Å²) < 4.78 is 5.57. The Morgan fingerprint density at radius 2 is 2.19 bits per heavy atom. The van der Waals surface area contributed by atoms with Gasteiger partial charge in [0, 0.05) is 17.5 Å². The second-order valence-corrected chi connectivity index (χ2v) is 4.20. The first-order chi connectivity index (χ1) is 7.49. The first kappa shape index (κ1) is 10.7. The van der Waals surface area contributed by atoms with Crippen LogP contribution in [0.3, 0.4) is 0 Å². The SMILES string of the molecule is C=C(C)[C@H]1Cc2cc(C(C)=O)cc(O)c2O1. The highest BCUT2D eigenvalue weighted by Crippen LogP contribution is 2.39. The number of Topliss-reactive ketones (excluding diaryl/α,β-unsaturated/α-hetero) is 1. The molecule has 1 atom stereocenters. The van der Waals surface area contributed by atoms with Crippen molar-refractivity contribution in [2.45, 2.75) is 26.4 Å². The fraction of sp³-hybridized carbons (Fsp3) is 0.308. The molecule has 3 nitrogen and oxygen atoms in total. The van der Waals surface area contributed by atoms with Crippen molar-refractivity contribution in [3.63, 3.8) is 0 Å². The van der Waals surface area contributed by atoms with Gasteiger partial charge in [0.2, 0.25) is 0 Å². The van der Waals surface area contributed by atoms with E-state index in [4.69, 9.17) is 4.74 Å². The fourth-order valence-electron chi connectivity index (χ4n) is 1.82. The van der Waals surface area contributed by atoms with Crippen molar-refractivity contribution in [1.82, 2.24) is 0 Å². The summed E-state index contributed by atoms with van der Waals surface area (Å²) in [6.07, 6.45) is 0.572. The summed E-state index contributed by atoms with van der Waals surface area (Å²) in [5.74, 6) is 0.460. The van der Waals surface area contributed by atoms with Gasteiger partial charge in [-0.05, 0) is 31.6 Å². The smallest absolute Gasteiger partial charge is 0.165 e.